The molecule has 0 atom stereocenters. The molecule has 1 aromatic heterocycles. The number of allylic oxidation sites excluding steroid dienone is 2. The number of rotatable bonds is 8. The Hall–Kier alpha value is -5.54. The molecular weight excluding hydrogens is 762 g/mol. The largest absolute Gasteiger partial charge is 0.490 e. The Morgan fingerprint density at radius 2 is 1.66 bits per heavy atom. The number of hydrogen-bond acceptors (Lipinski definition) is 12. The number of carbonyl (C=O) groups excluding carboxylic acids is 4. The predicted molar refractivity (Wildman–Crippen MR) is 228 cm³/mol. The molecule has 8 N–H and O–H groups in total. The van der Waals surface area contributed by atoms with Crippen LogP contribution in [0.4, 0.5) is 11.4 Å². The van der Waals surface area contributed by atoms with E-state index in [1.165, 1.54) is 43.2 Å². The molecule has 4 heterocycles. The zero-order valence-corrected chi connectivity index (χ0v) is 34.5. The molecule has 3 aliphatic heterocycles. The number of aromatic nitrogens is 2. The molecule has 0 unspecified atom stereocenters. The number of carbonyl (C=O) groups is 4. The molecule has 1 saturated carbocycles. The maximum Gasteiger partial charge on any atom is 0.311 e. The van der Waals surface area contributed by atoms with Crippen molar-refractivity contribution in [3.8, 4) is 11.5 Å². The summed E-state index contributed by atoms with van der Waals surface area (Å²) in [6.07, 6.45) is 14.5. The standard InChI is InChI=1S/C28H39N7O3.C8H9NO.C5H7NO2.CH3Cl/c1-19(2)14-27(37)38-25-11-7-6-10-22(25)23(29)15-24(28(30)31)35-17-21(16-32-35)34-13-12-33(18-26(34)36)20-8-4-3-5-9-20;1-2-4-8-7(3-1)9-5-6-10-8;7-4-2-1-3-5(8)6-4;1-2/h6-7,10-11,15-17,19-20H,3-5,8-9,12-14,18,29-31H2,1-2H3;1-4,9H,5-6H2;1-3H2,(H,6,7,8);1H3/b23-15-;;;. The lowest BCUT2D eigenvalue weighted by Crippen LogP contribution is -2.54. The lowest BCUT2D eigenvalue weighted by Gasteiger charge is -2.39. The Bertz CT molecular complexity index is 1860. The third-order valence-corrected chi connectivity index (χ3v) is 9.70. The predicted octanol–water partition coefficient (Wildman–Crippen LogP) is 5.02. The quantitative estimate of drug-likeness (QED) is 0.0667. The number of anilines is 2. The molecule has 0 radical (unpaired) electrons. The van der Waals surface area contributed by atoms with Crippen molar-refractivity contribution >= 4 is 58.1 Å². The number of esters is 1. The van der Waals surface area contributed by atoms with Crippen molar-refractivity contribution < 1.29 is 28.7 Å². The van der Waals surface area contributed by atoms with Crippen LogP contribution in [0.25, 0.3) is 11.4 Å². The van der Waals surface area contributed by atoms with Gasteiger partial charge in [-0.1, -0.05) is 57.4 Å². The maximum atomic E-state index is 13.0. The second-order valence-electron chi connectivity index (χ2n) is 14.6. The van der Waals surface area contributed by atoms with Gasteiger partial charge in [0, 0.05) is 62.6 Å². The van der Waals surface area contributed by atoms with Gasteiger partial charge in [0.25, 0.3) is 0 Å². The van der Waals surface area contributed by atoms with Gasteiger partial charge in [0.05, 0.1) is 30.3 Å². The molecule has 16 heteroatoms. The Kier molecular flexibility index (Phi) is 17.9. The summed E-state index contributed by atoms with van der Waals surface area (Å²) >= 11 is 4.64. The highest BCUT2D eigenvalue weighted by atomic mass is 35.5. The smallest absolute Gasteiger partial charge is 0.311 e. The van der Waals surface area contributed by atoms with Crippen LogP contribution in [-0.2, 0) is 19.2 Å². The minimum atomic E-state index is -0.334. The van der Waals surface area contributed by atoms with E-state index in [9.17, 15) is 19.2 Å². The van der Waals surface area contributed by atoms with Gasteiger partial charge in [-0.2, -0.15) is 5.10 Å². The average molecular weight is 820 g/mol. The molecule has 7 rings (SSSR count). The van der Waals surface area contributed by atoms with Crippen molar-refractivity contribution in [2.24, 2.45) is 23.1 Å². The SMILES string of the molecule is CC(C)CC(=O)Oc1ccccc1/C(N)=C/C(=C(N)N)n1cc(N2CCN(C3CCCCC3)CC2=O)cn1.CCl.O=C1CCCC(=O)N1.c1ccc2c(c1)NCCO2. The number of para-hydroxylation sites is 3. The molecule has 3 amide bonds. The van der Waals surface area contributed by atoms with Crippen LogP contribution in [0.2, 0.25) is 0 Å². The second kappa shape index (κ2) is 23.0. The number of benzene rings is 2. The number of piperazine rings is 1. The van der Waals surface area contributed by atoms with Gasteiger partial charge >= 0.3 is 5.97 Å². The highest BCUT2D eigenvalue weighted by Gasteiger charge is 2.31. The first-order valence-corrected chi connectivity index (χ1v) is 20.5. The Morgan fingerprint density at radius 3 is 2.29 bits per heavy atom. The van der Waals surface area contributed by atoms with E-state index in [0.717, 1.165) is 31.1 Å². The van der Waals surface area contributed by atoms with Gasteiger partial charge in [-0.3, -0.25) is 29.4 Å². The van der Waals surface area contributed by atoms with Gasteiger partial charge < -0.3 is 36.9 Å². The fourth-order valence-electron chi connectivity index (χ4n) is 6.88. The van der Waals surface area contributed by atoms with Gasteiger partial charge in [0.1, 0.15) is 29.6 Å². The molecule has 2 saturated heterocycles. The number of fused-ring (bicyclic) bond motifs is 1. The monoisotopic (exact) mass is 819 g/mol. The fraction of sp³-hybridized carbons (Fsp3) is 0.452. The van der Waals surface area contributed by atoms with Gasteiger partial charge in [-0.15, -0.1) is 11.6 Å². The molecule has 2 aromatic carbocycles. The van der Waals surface area contributed by atoms with Crippen molar-refractivity contribution in [3.63, 3.8) is 0 Å². The van der Waals surface area contributed by atoms with Crippen LogP contribution >= 0.6 is 11.6 Å². The number of piperidine rings is 1. The second-order valence-corrected chi connectivity index (χ2v) is 14.6. The Labute approximate surface area is 345 Å². The highest BCUT2D eigenvalue weighted by Crippen LogP contribution is 2.29. The third-order valence-electron chi connectivity index (χ3n) is 9.70. The number of amides is 3. The van der Waals surface area contributed by atoms with E-state index in [0.29, 0.717) is 73.2 Å². The zero-order valence-electron chi connectivity index (χ0n) is 33.8. The Balaban J connectivity index is 0.000000300. The molecule has 0 spiro atoms. The summed E-state index contributed by atoms with van der Waals surface area (Å²) in [4.78, 5) is 50.0. The highest BCUT2D eigenvalue weighted by molar-refractivity contribution is 6.15. The molecule has 58 heavy (non-hydrogen) atoms. The van der Waals surface area contributed by atoms with Crippen LogP contribution < -0.4 is 42.2 Å². The van der Waals surface area contributed by atoms with E-state index in [1.807, 2.05) is 38.1 Å². The number of nitrogens with zero attached hydrogens (tertiary/aromatic N) is 4. The van der Waals surface area contributed by atoms with E-state index in [2.05, 4.69) is 32.2 Å². The lowest BCUT2D eigenvalue weighted by atomic mass is 9.94. The molecule has 3 fully saturated rings. The number of alkyl halides is 1. The van der Waals surface area contributed by atoms with Crippen molar-refractivity contribution in [1.82, 2.24) is 20.0 Å². The minimum absolute atomic E-state index is 0.00493. The summed E-state index contributed by atoms with van der Waals surface area (Å²) in [5, 5.41) is 9.85. The van der Waals surface area contributed by atoms with Gasteiger partial charge in [-0.25, -0.2) is 4.68 Å². The van der Waals surface area contributed by atoms with Crippen molar-refractivity contribution in [1.29, 1.82) is 0 Å². The third kappa shape index (κ3) is 13.5. The fourth-order valence-corrected chi connectivity index (χ4v) is 6.88. The minimum Gasteiger partial charge on any atom is -0.490 e. The summed E-state index contributed by atoms with van der Waals surface area (Å²) < 4.78 is 12.4. The molecule has 1 aliphatic carbocycles. The van der Waals surface area contributed by atoms with E-state index in [4.69, 9.17) is 26.7 Å². The van der Waals surface area contributed by atoms with Crippen molar-refractivity contribution in [2.45, 2.75) is 77.7 Å². The summed E-state index contributed by atoms with van der Waals surface area (Å²) in [5.74, 6) is 0.940. The van der Waals surface area contributed by atoms with Crippen LogP contribution in [0.3, 0.4) is 0 Å². The first-order chi connectivity index (χ1) is 28.0. The normalized spacial score (nSPS) is 17.0. The average Bonchev–Trinajstić information content (AvgIpc) is 3.71. The zero-order chi connectivity index (χ0) is 42.0. The van der Waals surface area contributed by atoms with E-state index < -0.39 is 0 Å². The number of nitrogens with two attached hydrogens (primary N) is 3. The number of halogens is 1. The topological polar surface area (TPSA) is 213 Å². The molecule has 15 nitrogen and oxygen atoms in total. The first kappa shape index (κ1) is 45.2. The summed E-state index contributed by atoms with van der Waals surface area (Å²) in [7, 11) is 0. The first-order valence-electron chi connectivity index (χ1n) is 19.8. The summed E-state index contributed by atoms with van der Waals surface area (Å²) in [6.45, 7) is 7.44. The number of ether oxygens (including phenoxy) is 2. The summed E-state index contributed by atoms with van der Waals surface area (Å²) in [6, 6.07) is 15.5. The molecule has 0 bridgehead atoms. The molecule has 3 aromatic rings. The van der Waals surface area contributed by atoms with E-state index in [-0.39, 0.29) is 35.4 Å². The van der Waals surface area contributed by atoms with Crippen molar-refractivity contribution in [3.05, 3.63) is 78.4 Å². The van der Waals surface area contributed by atoms with Crippen molar-refractivity contribution in [2.75, 3.05) is 49.4 Å². The van der Waals surface area contributed by atoms with E-state index in [1.54, 1.807) is 47.6 Å². The van der Waals surface area contributed by atoms with Crippen LogP contribution in [-0.4, -0.2) is 83.6 Å². The maximum absolute atomic E-state index is 13.0. The number of hydrogen-bond donors (Lipinski definition) is 5. The van der Waals surface area contributed by atoms with Gasteiger partial charge in [0.2, 0.25) is 17.7 Å². The van der Waals surface area contributed by atoms with Gasteiger partial charge in [0.15, 0.2) is 0 Å². The van der Waals surface area contributed by atoms with Crippen LogP contribution in [0.5, 0.6) is 11.5 Å². The van der Waals surface area contributed by atoms with Crippen LogP contribution in [0, 0.1) is 5.92 Å². The van der Waals surface area contributed by atoms with Crippen LogP contribution in [0.15, 0.2) is 72.8 Å². The Morgan fingerprint density at radius 1 is 0.966 bits per heavy atom. The number of imide groups is 1. The van der Waals surface area contributed by atoms with Gasteiger partial charge in [-0.05, 0) is 55.5 Å². The number of nitrogens with one attached hydrogen (secondary N) is 2. The van der Waals surface area contributed by atoms with E-state index >= 15 is 0 Å². The lowest BCUT2D eigenvalue weighted by molar-refractivity contribution is -0.135. The molecular formula is C42H58ClN9O6. The van der Waals surface area contributed by atoms with Crippen LogP contribution in [0.1, 0.15) is 77.2 Å². The molecule has 4 aliphatic rings. The summed E-state index contributed by atoms with van der Waals surface area (Å²) in [5.41, 5.74) is 21.4. The molecule has 314 valence electrons.